The zero-order chi connectivity index (χ0) is 9.10. The maximum absolute atomic E-state index is 5.70. The second-order valence-electron chi connectivity index (χ2n) is 3.05. The number of hydrogen-bond acceptors (Lipinski definition) is 3. The summed E-state index contributed by atoms with van der Waals surface area (Å²) < 4.78 is 5.60. The summed E-state index contributed by atoms with van der Waals surface area (Å²) in [6.45, 7) is 1.93. The smallest absolute Gasteiger partial charge is 0.213 e. The Hall–Kier alpha value is -0.800. The Bertz CT molecular complexity index is 269. The van der Waals surface area contributed by atoms with Crippen LogP contribution in [0.1, 0.15) is 6.42 Å². The van der Waals surface area contributed by atoms with E-state index in [1.54, 1.807) is 18.3 Å². The standard InChI is InChI=1S/C9H11ClN2O/c10-7-1-2-9(12-5-7)13-8-3-4-11-6-8/h1-2,5,8,11H,3-4,6H2/t8-/m1/s1. The average Bonchev–Trinajstić information content (AvgIpc) is 2.62. The van der Waals surface area contributed by atoms with Gasteiger partial charge in [0, 0.05) is 18.8 Å². The van der Waals surface area contributed by atoms with E-state index in [4.69, 9.17) is 16.3 Å². The van der Waals surface area contributed by atoms with Gasteiger partial charge >= 0.3 is 0 Å². The third kappa shape index (κ3) is 2.32. The number of nitrogens with one attached hydrogen (secondary N) is 1. The topological polar surface area (TPSA) is 34.1 Å². The third-order valence-corrected chi connectivity index (χ3v) is 2.23. The maximum Gasteiger partial charge on any atom is 0.213 e. The molecule has 4 heteroatoms. The van der Waals surface area contributed by atoms with E-state index in [1.165, 1.54) is 0 Å². The predicted octanol–water partition coefficient (Wildman–Crippen LogP) is 1.48. The molecule has 13 heavy (non-hydrogen) atoms. The summed E-state index contributed by atoms with van der Waals surface area (Å²) in [7, 11) is 0. The summed E-state index contributed by atoms with van der Waals surface area (Å²) in [5, 5.41) is 3.86. The molecule has 0 radical (unpaired) electrons. The molecule has 2 heterocycles. The molecular formula is C9H11ClN2O. The first-order valence-electron chi connectivity index (χ1n) is 4.33. The molecule has 0 amide bonds. The normalized spacial score (nSPS) is 21.8. The lowest BCUT2D eigenvalue weighted by molar-refractivity contribution is 0.214. The van der Waals surface area contributed by atoms with Crippen molar-refractivity contribution in [3.63, 3.8) is 0 Å². The Morgan fingerprint density at radius 2 is 2.46 bits per heavy atom. The molecule has 1 atom stereocenters. The number of hydrogen-bond donors (Lipinski definition) is 1. The fourth-order valence-electron chi connectivity index (χ4n) is 1.33. The summed E-state index contributed by atoms with van der Waals surface area (Å²) in [4.78, 5) is 4.06. The van der Waals surface area contributed by atoms with Crippen molar-refractivity contribution in [3.8, 4) is 5.88 Å². The van der Waals surface area contributed by atoms with Crippen LogP contribution < -0.4 is 10.1 Å². The van der Waals surface area contributed by atoms with Gasteiger partial charge in [-0.3, -0.25) is 0 Å². The number of ether oxygens (including phenoxy) is 1. The molecule has 3 nitrogen and oxygen atoms in total. The van der Waals surface area contributed by atoms with Crippen molar-refractivity contribution in [1.29, 1.82) is 0 Å². The van der Waals surface area contributed by atoms with Gasteiger partial charge in [-0.05, 0) is 19.0 Å². The van der Waals surface area contributed by atoms with Gasteiger partial charge in [-0.2, -0.15) is 0 Å². The summed E-state index contributed by atoms with van der Waals surface area (Å²) in [6, 6.07) is 3.58. The molecule has 0 aliphatic carbocycles. The fraction of sp³-hybridized carbons (Fsp3) is 0.444. The Morgan fingerprint density at radius 1 is 1.54 bits per heavy atom. The molecule has 0 saturated carbocycles. The van der Waals surface area contributed by atoms with Crippen LogP contribution in [0.4, 0.5) is 0 Å². The molecule has 1 aliphatic heterocycles. The van der Waals surface area contributed by atoms with Crippen LogP contribution >= 0.6 is 11.6 Å². The van der Waals surface area contributed by atoms with E-state index < -0.39 is 0 Å². The molecule has 1 aromatic rings. The Labute approximate surface area is 82.1 Å². The van der Waals surface area contributed by atoms with E-state index in [0.29, 0.717) is 10.9 Å². The minimum absolute atomic E-state index is 0.258. The molecule has 1 aliphatic rings. The highest BCUT2D eigenvalue weighted by molar-refractivity contribution is 6.30. The Morgan fingerprint density at radius 3 is 3.08 bits per heavy atom. The third-order valence-electron chi connectivity index (χ3n) is 2.00. The largest absolute Gasteiger partial charge is 0.473 e. The molecule has 0 bridgehead atoms. The lowest BCUT2D eigenvalue weighted by Gasteiger charge is -2.10. The van der Waals surface area contributed by atoms with Crippen molar-refractivity contribution in [2.45, 2.75) is 12.5 Å². The van der Waals surface area contributed by atoms with Gasteiger partial charge in [0.25, 0.3) is 0 Å². The van der Waals surface area contributed by atoms with Gasteiger partial charge in [0.2, 0.25) is 5.88 Å². The van der Waals surface area contributed by atoms with Crippen LogP contribution in [0.3, 0.4) is 0 Å². The van der Waals surface area contributed by atoms with E-state index >= 15 is 0 Å². The van der Waals surface area contributed by atoms with E-state index in [1.807, 2.05) is 0 Å². The first-order chi connectivity index (χ1) is 6.34. The zero-order valence-corrected chi connectivity index (χ0v) is 7.92. The SMILES string of the molecule is Clc1ccc(O[C@@H]2CCNC2)nc1. The molecule has 2 rings (SSSR count). The second kappa shape index (κ2) is 3.94. The zero-order valence-electron chi connectivity index (χ0n) is 7.16. The van der Waals surface area contributed by atoms with Crippen molar-refractivity contribution in [2.24, 2.45) is 0 Å². The van der Waals surface area contributed by atoms with Crippen molar-refractivity contribution >= 4 is 11.6 Å². The highest BCUT2D eigenvalue weighted by atomic mass is 35.5. The first-order valence-corrected chi connectivity index (χ1v) is 4.71. The van der Waals surface area contributed by atoms with Gasteiger partial charge in [-0.25, -0.2) is 4.98 Å². The molecule has 0 spiro atoms. The van der Waals surface area contributed by atoms with Crippen LogP contribution in [0, 0.1) is 0 Å². The van der Waals surface area contributed by atoms with Gasteiger partial charge in [-0.15, -0.1) is 0 Å². The molecule has 1 fully saturated rings. The molecule has 70 valence electrons. The lowest BCUT2D eigenvalue weighted by atomic mass is 10.3. The van der Waals surface area contributed by atoms with Gasteiger partial charge in [0.1, 0.15) is 6.10 Å². The second-order valence-corrected chi connectivity index (χ2v) is 3.48. The highest BCUT2D eigenvalue weighted by Crippen LogP contribution is 2.14. The summed E-state index contributed by atoms with van der Waals surface area (Å²) in [5.41, 5.74) is 0. The van der Waals surface area contributed by atoms with Crippen LogP contribution in [-0.4, -0.2) is 24.2 Å². The quantitative estimate of drug-likeness (QED) is 0.782. The van der Waals surface area contributed by atoms with Gasteiger partial charge < -0.3 is 10.1 Å². The van der Waals surface area contributed by atoms with Gasteiger partial charge in [0.05, 0.1) is 5.02 Å². The predicted molar refractivity (Wildman–Crippen MR) is 51.1 cm³/mol. The summed E-state index contributed by atoms with van der Waals surface area (Å²) >= 11 is 5.70. The van der Waals surface area contributed by atoms with Gasteiger partial charge in [0.15, 0.2) is 0 Å². The first kappa shape index (κ1) is 8.78. The lowest BCUT2D eigenvalue weighted by Crippen LogP contribution is -2.19. The van der Waals surface area contributed by atoms with Crippen molar-refractivity contribution in [1.82, 2.24) is 10.3 Å². The number of rotatable bonds is 2. The number of halogens is 1. The maximum atomic E-state index is 5.70. The van der Waals surface area contributed by atoms with E-state index in [0.717, 1.165) is 19.5 Å². The summed E-state index contributed by atoms with van der Waals surface area (Å²) in [6.07, 6.45) is 2.90. The molecule has 0 unspecified atom stereocenters. The monoisotopic (exact) mass is 198 g/mol. The van der Waals surface area contributed by atoms with Crippen LogP contribution in [-0.2, 0) is 0 Å². The van der Waals surface area contributed by atoms with Crippen LogP contribution in [0.15, 0.2) is 18.3 Å². The van der Waals surface area contributed by atoms with E-state index in [-0.39, 0.29) is 6.10 Å². The van der Waals surface area contributed by atoms with Crippen LogP contribution in [0.5, 0.6) is 5.88 Å². The molecule has 1 aromatic heterocycles. The van der Waals surface area contributed by atoms with Crippen LogP contribution in [0.25, 0.3) is 0 Å². The van der Waals surface area contributed by atoms with Crippen LogP contribution in [0.2, 0.25) is 5.02 Å². The van der Waals surface area contributed by atoms with E-state index in [9.17, 15) is 0 Å². The Kier molecular flexibility index (Phi) is 2.66. The van der Waals surface area contributed by atoms with Crippen molar-refractivity contribution in [3.05, 3.63) is 23.4 Å². The minimum atomic E-state index is 0.258. The summed E-state index contributed by atoms with van der Waals surface area (Å²) in [5.74, 6) is 0.651. The molecule has 1 saturated heterocycles. The van der Waals surface area contributed by atoms with Crippen molar-refractivity contribution < 1.29 is 4.74 Å². The van der Waals surface area contributed by atoms with Gasteiger partial charge in [-0.1, -0.05) is 11.6 Å². The molecular weight excluding hydrogens is 188 g/mol. The fourth-order valence-corrected chi connectivity index (χ4v) is 1.44. The number of nitrogens with zero attached hydrogens (tertiary/aromatic N) is 1. The Balaban J connectivity index is 1.97. The number of pyridine rings is 1. The average molecular weight is 199 g/mol. The van der Waals surface area contributed by atoms with Crippen molar-refractivity contribution in [2.75, 3.05) is 13.1 Å². The molecule has 1 N–H and O–H groups in total. The molecule has 0 aromatic carbocycles. The highest BCUT2D eigenvalue weighted by Gasteiger charge is 2.15. The minimum Gasteiger partial charge on any atom is -0.473 e. The number of aromatic nitrogens is 1. The van der Waals surface area contributed by atoms with E-state index in [2.05, 4.69) is 10.3 Å².